The minimum absolute atomic E-state index is 0.0490. The lowest BCUT2D eigenvalue weighted by Crippen LogP contribution is -2.38. The molecule has 1 fully saturated rings. The van der Waals surface area contributed by atoms with E-state index >= 15 is 0 Å². The molecule has 0 bridgehead atoms. The highest BCUT2D eigenvalue weighted by Gasteiger charge is 2.17. The van der Waals surface area contributed by atoms with Crippen molar-refractivity contribution in [3.63, 3.8) is 0 Å². The number of carbonyl (C=O) groups is 1. The predicted octanol–water partition coefficient (Wildman–Crippen LogP) is 3.21. The van der Waals surface area contributed by atoms with Crippen LogP contribution in [0.4, 0.5) is 0 Å². The average molecular weight is 333 g/mol. The number of amides is 1. The lowest BCUT2D eigenvalue weighted by atomic mass is 10.0. The molecule has 3 heterocycles. The molecule has 0 aliphatic carbocycles. The first-order chi connectivity index (χ1) is 12.3. The van der Waals surface area contributed by atoms with Gasteiger partial charge in [-0.05, 0) is 43.2 Å². The minimum atomic E-state index is -0.0490. The van der Waals surface area contributed by atoms with Crippen molar-refractivity contribution in [1.29, 1.82) is 0 Å². The molecule has 1 amide bonds. The van der Waals surface area contributed by atoms with Crippen LogP contribution in [0, 0.1) is 0 Å². The Morgan fingerprint density at radius 3 is 2.80 bits per heavy atom. The highest BCUT2D eigenvalue weighted by Crippen LogP contribution is 2.26. The van der Waals surface area contributed by atoms with Crippen molar-refractivity contribution in [2.75, 3.05) is 13.2 Å². The highest BCUT2D eigenvalue weighted by molar-refractivity contribution is 5.97. The van der Waals surface area contributed by atoms with Crippen molar-refractivity contribution >= 4 is 16.8 Å². The first-order valence-corrected chi connectivity index (χ1v) is 8.50. The molecule has 0 unspecified atom stereocenters. The van der Waals surface area contributed by atoms with Crippen LogP contribution >= 0.6 is 0 Å². The van der Waals surface area contributed by atoms with Crippen LogP contribution in [0.1, 0.15) is 23.2 Å². The van der Waals surface area contributed by atoms with Gasteiger partial charge in [0.1, 0.15) is 0 Å². The van der Waals surface area contributed by atoms with E-state index in [1.165, 1.54) is 0 Å². The fourth-order valence-electron chi connectivity index (χ4n) is 3.15. The van der Waals surface area contributed by atoms with E-state index in [1.54, 1.807) is 12.4 Å². The van der Waals surface area contributed by atoms with Gasteiger partial charge in [-0.1, -0.05) is 12.1 Å². The summed E-state index contributed by atoms with van der Waals surface area (Å²) >= 11 is 0. The Balaban J connectivity index is 1.63. The summed E-state index contributed by atoms with van der Waals surface area (Å²) in [7, 11) is 0. The van der Waals surface area contributed by atoms with Gasteiger partial charge in [0.2, 0.25) is 0 Å². The topological polar surface area (TPSA) is 64.1 Å². The van der Waals surface area contributed by atoms with Crippen LogP contribution in [-0.4, -0.2) is 35.1 Å². The normalized spacial score (nSPS) is 15.2. The van der Waals surface area contributed by atoms with Gasteiger partial charge in [0, 0.05) is 48.2 Å². The van der Waals surface area contributed by atoms with Crippen LogP contribution < -0.4 is 5.32 Å². The largest absolute Gasteiger partial charge is 0.381 e. The molecule has 4 rings (SSSR count). The Morgan fingerprint density at radius 1 is 1.04 bits per heavy atom. The van der Waals surface area contributed by atoms with E-state index in [0.29, 0.717) is 18.8 Å². The van der Waals surface area contributed by atoms with Gasteiger partial charge in [-0.2, -0.15) is 0 Å². The molecular formula is C20H19N3O2. The van der Waals surface area contributed by atoms with Crippen molar-refractivity contribution in [1.82, 2.24) is 15.3 Å². The molecule has 25 heavy (non-hydrogen) atoms. The van der Waals surface area contributed by atoms with Crippen molar-refractivity contribution in [3.05, 3.63) is 60.4 Å². The van der Waals surface area contributed by atoms with E-state index in [1.807, 2.05) is 42.5 Å². The van der Waals surface area contributed by atoms with E-state index < -0.39 is 0 Å². The Bertz CT molecular complexity index is 899. The molecule has 3 aromatic rings. The molecule has 0 atom stereocenters. The Labute approximate surface area is 146 Å². The van der Waals surface area contributed by atoms with E-state index in [9.17, 15) is 4.79 Å². The lowest BCUT2D eigenvalue weighted by molar-refractivity contribution is 0.0696. The van der Waals surface area contributed by atoms with Crippen LogP contribution in [0.3, 0.4) is 0 Å². The number of hydrogen-bond donors (Lipinski definition) is 1. The molecule has 1 N–H and O–H groups in total. The Morgan fingerprint density at radius 2 is 1.92 bits per heavy atom. The summed E-state index contributed by atoms with van der Waals surface area (Å²) in [5, 5.41) is 4.08. The summed E-state index contributed by atoms with van der Waals surface area (Å²) in [6.07, 6.45) is 5.24. The SMILES string of the molecule is O=C(NC1CCOCC1)c1cccc(-c2nccc3ncccc23)c1. The van der Waals surface area contributed by atoms with Crippen LogP contribution in [-0.2, 0) is 4.74 Å². The maximum absolute atomic E-state index is 12.6. The van der Waals surface area contributed by atoms with E-state index in [4.69, 9.17) is 4.74 Å². The number of aromatic nitrogens is 2. The summed E-state index contributed by atoms with van der Waals surface area (Å²) in [5.41, 5.74) is 3.29. The van der Waals surface area contributed by atoms with E-state index in [0.717, 1.165) is 35.0 Å². The number of pyridine rings is 2. The molecule has 1 saturated heterocycles. The summed E-state index contributed by atoms with van der Waals surface area (Å²) in [4.78, 5) is 21.5. The second-order valence-corrected chi connectivity index (χ2v) is 6.17. The molecule has 0 spiro atoms. The number of carbonyl (C=O) groups excluding carboxylic acids is 1. The first-order valence-electron chi connectivity index (χ1n) is 8.50. The highest BCUT2D eigenvalue weighted by atomic mass is 16.5. The molecule has 1 aromatic carbocycles. The standard InChI is InChI=1S/C20H19N3O2/c24-20(23-16-7-11-25-12-8-16)15-4-1-3-14(13-15)19-17-5-2-9-21-18(17)6-10-22-19/h1-6,9-10,13,16H,7-8,11-12H2,(H,23,24). The van der Waals surface area contributed by atoms with Gasteiger partial charge in [0.05, 0.1) is 11.2 Å². The van der Waals surface area contributed by atoms with Crippen LogP contribution in [0.5, 0.6) is 0 Å². The summed E-state index contributed by atoms with van der Waals surface area (Å²) in [6, 6.07) is 13.6. The van der Waals surface area contributed by atoms with Crippen molar-refractivity contribution in [3.8, 4) is 11.3 Å². The molecule has 126 valence electrons. The molecule has 5 nitrogen and oxygen atoms in total. The molecule has 5 heteroatoms. The first kappa shape index (κ1) is 15.7. The number of nitrogens with zero attached hydrogens (tertiary/aromatic N) is 2. The van der Waals surface area contributed by atoms with Crippen LogP contribution in [0.25, 0.3) is 22.2 Å². The fraction of sp³-hybridized carbons (Fsp3) is 0.250. The molecule has 0 radical (unpaired) electrons. The van der Waals surface area contributed by atoms with E-state index in [-0.39, 0.29) is 11.9 Å². The van der Waals surface area contributed by atoms with Gasteiger partial charge in [-0.15, -0.1) is 0 Å². The van der Waals surface area contributed by atoms with E-state index in [2.05, 4.69) is 15.3 Å². The Kier molecular flexibility index (Phi) is 4.39. The molecule has 1 aliphatic rings. The monoisotopic (exact) mass is 333 g/mol. The Hall–Kier alpha value is -2.79. The molecule has 1 aliphatic heterocycles. The minimum Gasteiger partial charge on any atom is -0.381 e. The van der Waals surface area contributed by atoms with Crippen molar-refractivity contribution in [2.24, 2.45) is 0 Å². The predicted molar refractivity (Wildman–Crippen MR) is 96.3 cm³/mol. The number of benzene rings is 1. The van der Waals surface area contributed by atoms with Crippen molar-refractivity contribution in [2.45, 2.75) is 18.9 Å². The quantitative estimate of drug-likeness (QED) is 0.799. The maximum Gasteiger partial charge on any atom is 0.251 e. The number of ether oxygens (including phenoxy) is 1. The molecule has 2 aromatic heterocycles. The zero-order valence-electron chi connectivity index (χ0n) is 13.8. The van der Waals surface area contributed by atoms with Crippen LogP contribution in [0.2, 0.25) is 0 Å². The number of nitrogens with one attached hydrogen (secondary N) is 1. The number of hydrogen-bond acceptors (Lipinski definition) is 4. The summed E-state index contributed by atoms with van der Waals surface area (Å²) < 4.78 is 5.34. The smallest absolute Gasteiger partial charge is 0.251 e. The van der Waals surface area contributed by atoms with Gasteiger partial charge < -0.3 is 10.1 Å². The molecule has 0 saturated carbocycles. The molecular weight excluding hydrogens is 314 g/mol. The van der Waals surface area contributed by atoms with Gasteiger partial charge in [0.25, 0.3) is 5.91 Å². The zero-order valence-corrected chi connectivity index (χ0v) is 13.8. The van der Waals surface area contributed by atoms with Gasteiger partial charge in [-0.25, -0.2) is 0 Å². The second-order valence-electron chi connectivity index (χ2n) is 6.17. The van der Waals surface area contributed by atoms with Gasteiger partial charge in [0.15, 0.2) is 0 Å². The lowest BCUT2D eigenvalue weighted by Gasteiger charge is -2.23. The van der Waals surface area contributed by atoms with Gasteiger partial charge in [-0.3, -0.25) is 14.8 Å². The van der Waals surface area contributed by atoms with Gasteiger partial charge >= 0.3 is 0 Å². The summed E-state index contributed by atoms with van der Waals surface area (Å²) in [6.45, 7) is 1.41. The second kappa shape index (κ2) is 6.99. The van der Waals surface area contributed by atoms with Crippen molar-refractivity contribution < 1.29 is 9.53 Å². The third-order valence-electron chi connectivity index (χ3n) is 4.48. The third-order valence-corrected chi connectivity index (χ3v) is 4.48. The summed E-state index contributed by atoms with van der Waals surface area (Å²) in [5.74, 6) is -0.0490. The average Bonchev–Trinajstić information content (AvgIpc) is 2.68. The number of fused-ring (bicyclic) bond motifs is 1. The zero-order chi connectivity index (χ0) is 17.1. The maximum atomic E-state index is 12.6. The van der Waals surface area contributed by atoms with Crippen LogP contribution in [0.15, 0.2) is 54.9 Å². The fourth-order valence-corrected chi connectivity index (χ4v) is 3.15. The number of rotatable bonds is 3. The third kappa shape index (κ3) is 3.37.